The molecule has 5 nitrogen and oxygen atoms in total. The molecule has 0 unspecified atom stereocenters. The third-order valence-electron chi connectivity index (χ3n) is 2.97. The van der Waals surface area contributed by atoms with E-state index in [1.54, 1.807) is 4.68 Å². The number of aryl methyl sites for hydroxylation is 1. The van der Waals surface area contributed by atoms with Gasteiger partial charge in [-0.15, -0.1) is 5.10 Å². The number of rotatable bonds is 2. The molecule has 0 amide bonds. The van der Waals surface area contributed by atoms with Crippen LogP contribution in [-0.2, 0) is 0 Å². The van der Waals surface area contributed by atoms with Crippen molar-refractivity contribution in [2.24, 2.45) is 0 Å². The highest BCUT2D eigenvalue weighted by molar-refractivity contribution is 6.32. The third kappa shape index (κ3) is 2.23. The molecule has 1 heterocycles. The summed E-state index contributed by atoms with van der Waals surface area (Å²) >= 11 is 6.27. The van der Waals surface area contributed by atoms with E-state index in [0.717, 1.165) is 16.8 Å². The van der Waals surface area contributed by atoms with Crippen LogP contribution in [-0.4, -0.2) is 20.2 Å². The molecule has 0 aliphatic rings. The molecule has 0 atom stereocenters. The summed E-state index contributed by atoms with van der Waals surface area (Å²) in [5.41, 5.74) is 9.09. The van der Waals surface area contributed by atoms with Crippen LogP contribution in [0.1, 0.15) is 5.56 Å². The Hall–Kier alpha value is -2.40. The Morgan fingerprint density at radius 3 is 2.55 bits per heavy atom. The molecule has 0 saturated heterocycles. The van der Waals surface area contributed by atoms with Gasteiger partial charge in [-0.25, -0.2) is 0 Å². The summed E-state index contributed by atoms with van der Waals surface area (Å²) in [6.45, 7) is 1.98. The summed E-state index contributed by atoms with van der Waals surface area (Å²) in [6.07, 6.45) is 0. The van der Waals surface area contributed by atoms with E-state index >= 15 is 0 Å². The van der Waals surface area contributed by atoms with Gasteiger partial charge in [-0.1, -0.05) is 17.7 Å². The van der Waals surface area contributed by atoms with Crippen LogP contribution >= 0.6 is 11.6 Å². The van der Waals surface area contributed by atoms with Crippen molar-refractivity contribution in [3.63, 3.8) is 0 Å². The van der Waals surface area contributed by atoms with Crippen LogP contribution in [0.25, 0.3) is 17.1 Å². The number of benzene rings is 2. The van der Waals surface area contributed by atoms with Gasteiger partial charge in [-0.05, 0) is 59.3 Å². The van der Waals surface area contributed by atoms with Crippen LogP contribution in [0.5, 0.6) is 0 Å². The number of hydrogen-bond acceptors (Lipinski definition) is 4. The van der Waals surface area contributed by atoms with Gasteiger partial charge in [0.25, 0.3) is 0 Å². The smallest absolute Gasteiger partial charge is 0.187 e. The molecule has 0 saturated carbocycles. The fraction of sp³-hybridized carbons (Fsp3) is 0.0714. The van der Waals surface area contributed by atoms with E-state index in [0.29, 0.717) is 16.5 Å². The van der Waals surface area contributed by atoms with E-state index in [-0.39, 0.29) is 0 Å². The van der Waals surface area contributed by atoms with Gasteiger partial charge in [0.05, 0.1) is 10.7 Å². The predicted octanol–water partition coefficient (Wildman–Crippen LogP) is 2.87. The summed E-state index contributed by atoms with van der Waals surface area (Å²) < 4.78 is 1.62. The maximum Gasteiger partial charge on any atom is 0.187 e. The van der Waals surface area contributed by atoms with Crippen LogP contribution in [0.15, 0.2) is 42.5 Å². The van der Waals surface area contributed by atoms with Crippen molar-refractivity contribution in [2.75, 3.05) is 5.73 Å². The molecule has 1 aromatic heterocycles. The Bertz CT molecular complexity index is 749. The Morgan fingerprint density at radius 2 is 1.85 bits per heavy atom. The Morgan fingerprint density at radius 1 is 1.10 bits per heavy atom. The average Bonchev–Trinajstić information content (AvgIpc) is 2.88. The minimum Gasteiger partial charge on any atom is -0.399 e. The van der Waals surface area contributed by atoms with Gasteiger partial charge in [-0.3, -0.25) is 0 Å². The minimum atomic E-state index is 0.606. The van der Waals surface area contributed by atoms with Gasteiger partial charge in [0, 0.05) is 11.3 Å². The molecule has 3 aromatic rings. The first-order valence-corrected chi connectivity index (χ1v) is 6.44. The zero-order valence-corrected chi connectivity index (χ0v) is 11.5. The molecule has 2 N–H and O–H groups in total. The van der Waals surface area contributed by atoms with Crippen LogP contribution < -0.4 is 5.73 Å². The zero-order chi connectivity index (χ0) is 14.1. The van der Waals surface area contributed by atoms with E-state index in [9.17, 15) is 0 Å². The number of aromatic nitrogens is 4. The molecule has 6 heteroatoms. The van der Waals surface area contributed by atoms with Crippen LogP contribution in [0.4, 0.5) is 5.69 Å². The van der Waals surface area contributed by atoms with Gasteiger partial charge < -0.3 is 5.73 Å². The molecule has 0 aliphatic carbocycles. The molecular formula is C14H12ClN5. The SMILES string of the molecule is Cc1ccc(-n2nnnc2-c2ccc(N)cc2)c(Cl)c1. The normalized spacial score (nSPS) is 10.7. The Labute approximate surface area is 121 Å². The first-order chi connectivity index (χ1) is 9.65. The van der Waals surface area contributed by atoms with Gasteiger partial charge in [0.1, 0.15) is 0 Å². The van der Waals surface area contributed by atoms with E-state index in [4.69, 9.17) is 17.3 Å². The molecule has 2 aromatic carbocycles. The highest BCUT2D eigenvalue weighted by Gasteiger charge is 2.13. The molecule has 0 bridgehead atoms. The number of tetrazole rings is 1. The molecule has 0 aliphatic heterocycles. The lowest BCUT2D eigenvalue weighted by atomic mass is 10.2. The molecule has 0 radical (unpaired) electrons. The lowest BCUT2D eigenvalue weighted by molar-refractivity contribution is 0.791. The second kappa shape index (κ2) is 4.94. The van der Waals surface area contributed by atoms with Gasteiger partial charge >= 0.3 is 0 Å². The van der Waals surface area contributed by atoms with Crippen molar-refractivity contribution in [2.45, 2.75) is 6.92 Å². The fourth-order valence-electron chi connectivity index (χ4n) is 1.95. The minimum absolute atomic E-state index is 0.606. The standard InChI is InChI=1S/C14H12ClN5/c1-9-2-7-13(12(15)8-9)20-14(17-18-19-20)10-3-5-11(16)6-4-10/h2-8H,16H2,1H3. The van der Waals surface area contributed by atoms with Gasteiger partial charge in [0.15, 0.2) is 5.82 Å². The fourth-order valence-corrected chi connectivity index (χ4v) is 2.26. The highest BCUT2D eigenvalue weighted by Crippen LogP contribution is 2.25. The van der Waals surface area contributed by atoms with Gasteiger partial charge in [0.2, 0.25) is 0 Å². The van der Waals surface area contributed by atoms with E-state index < -0.39 is 0 Å². The monoisotopic (exact) mass is 285 g/mol. The average molecular weight is 286 g/mol. The number of nitrogen functional groups attached to an aromatic ring is 1. The Kier molecular flexibility index (Phi) is 3.12. The number of hydrogen-bond donors (Lipinski definition) is 1. The number of anilines is 1. The molecular weight excluding hydrogens is 274 g/mol. The first kappa shape index (κ1) is 12.6. The zero-order valence-electron chi connectivity index (χ0n) is 10.8. The lowest BCUT2D eigenvalue weighted by Crippen LogP contribution is -2.01. The molecule has 0 fully saturated rings. The Balaban J connectivity index is 2.12. The van der Waals surface area contributed by atoms with Crippen molar-refractivity contribution >= 4 is 17.3 Å². The second-order valence-electron chi connectivity index (χ2n) is 4.49. The summed E-state index contributed by atoms with van der Waals surface area (Å²) in [5, 5.41) is 12.4. The van der Waals surface area contributed by atoms with Crippen LogP contribution in [0, 0.1) is 6.92 Å². The van der Waals surface area contributed by atoms with E-state index in [2.05, 4.69) is 15.5 Å². The third-order valence-corrected chi connectivity index (χ3v) is 3.27. The molecule has 0 spiro atoms. The largest absolute Gasteiger partial charge is 0.399 e. The molecule has 3 rings (SSSR count). The number of nitrogens with zero attached hydrogens (tertiary/aromatic N) is 4. The summed E-state index contributed by atoms with van der Waals surface area (Å²) in [5.74, 6) is 0.621. The highest BCUT2D eigenvalue weighted by atomic mass is 35.5. The van der Waals surface area contributed by atoms with Crippen molar-refractivity contribution < 1.29 is 0 Å². The molecule has 20 heavy (non-hydrogen) atoms. The van der Waals surface area contributed by atoms with Gasteiger partial charge in [-0.2, -0.15) is 4.68 Å². The quantitative estimate of drug-likeness (QED) is 0.735. The van der Waals surface area contributed by atoms with E-state index in [1.165, 1.54) is 0 Å². The van der Waals surface area contributed by atoms with Crippen molar-refractivity contribution in [1.29, 1.82) is 0 Å². The van der Waals surface area contributed by atoms with Crippen molar-refractivity contribution in [1.82, 2.24) is 20.2 Å². The van der Waals surface area contributed by atoms with E-state index in [1.807, 2.05) is 49.4 Å². The summed E-state index contributed by atoms with van der Waals surface area (Å²) in [7, 11) is 0. The van der Waals surface area contributed by atoms with Crippen LogP contribution in [0.2, 0.25) is 5.02 Å². The maximum atomic E-state index is 6.27. The predicted molar refractivity (Wildman–Crippen MR) is 78.7 cm³/mol. The summed E-state index contributed by atoms with van der Waals surface area (Å²) in [4.78, 5) is 0. The maximum absolute atomic E-state index is 6.27. The lowest BCUT2D eigenvalue weighted by Gasteiger charge is -2.07. The first-order valence-electron chi connectivity index (χ1n) is 6.06. The van der Waals surface area contributed by atoms with Crippen molar-refractivity contribution in [3.8, 4) is 17.1 Å². The number of nitrogens with two attached hydrogens (primary N) is 1. The number of halogens is 1. The summed E-state index contributed by atoms with van der Waals surface area (Å²) in [6, 6.07) is 13.1. The molecule has 100 valence electrons. The topological polar surface area (TPSA) is 69.6 Å². The second-order valence-corrected chi connectivity index (χ2v) is 4.90. The van der Waals surface area contributed by atoms with Crippen LogP contribution in [0.3, 0.4) is 0 Å². The van der Waals surface area contributed by atoms with Crippen molar-refractivity contribution in [3.05, 3.63) is 53.1 Å².